The number of likely N-dealkylation sites (N-methyl/N-ethyl adjacent to an activating group) is 2. The molecular weight excluding hydrogens is 198 g/mol. The van der Waals surface area contributed by atoms with Gasteiger partial charge in [-0.1, -0.05) is 27.7 Å². The largest absolute Gasteiger partial charge is 0.316 e. The minimum atomic E-state index is 1.08. The number of hydrogen-bond acceptors (Lipinski definition) is 3. The minimum Gasteiger partial charge on any atom is -0.316 e. The third-order valence-electron chi connectivity index (χ3n) is 3.15. The van der Waals surface area contributed by atoms with Gasteiger partial charge in [0, 0.05) is 13.1 Å². The van der Waals surface area contributed by atoms with Crippen molar-refractivity contribution in [2.45, 2.75) is 34.1 Å². The molecule has 0 aliphatic rings. The third-order valence-corrected chi connectivity index (χ3v) is 3.15. The zero-order valence-electron chi connectivity index (χ0n) is 11.8. The fourth-order valence-corrected chi connectivity index (χ4v) is 1.90. The summed E-state index contributed by atoms with van der Waals surface area (Å²) < 4.78 is 0. The Morgan fingerprint density at radius 3 is 1.81 bits per heavy atom. The number of nitrogens with zero attached hydrogens (tertiary/aromatic N) is 2. The lowest BCUT2D eigenvalue weighted by Gasteiger charge is -2.23. The molecule has 0 fully saturated rings. The summed E-state index contributed by atoms with van der Waals surface area (Å²) in [7, 11) is 0. The van der Waals surface area contributed by atoms with Crippen molar-refractivity contribution < 1.29 is 0 Å². The van der Waals surface area contributed by atoms with E-state index in [2.05, 4.69) is 42.8 Å². The van der Waals surface area contributed by atoms with E-state index in [0.29, 0.717) is 0 Å². The van der Waals surface area contributed by atoms with Crippen LogP contribution >= 0.6 is 0 Å². The van der Waals surface area contributed by atoms with Gasteiger partial charge in [-0.05, 0) is 45.7 Å². The average molecular weight is 229 g/mol. The summed E-state index contributed by atoms with van der Waals surface area (Å²) in [5.74, 6) is 0. The molecule has 0 aromatic heterocycles. The van der Waals surface area contributed by atoms with Gasteiger partial charge in [0.25, 0.3) is 0 Å². The van der Waals surface area contributed by atoms with Crippen LogP contribution in [0.2, 0.25) is 0 Å². The van der Waals surface area contributed by atoms with Crippen LogP contribution in [-0.2, 0) is 0 Å². The molecule has 0 aliphatic carbocycles. The van der Waals surface area contributed by atoms with Gasteiger partial charge in [0.15, 0.2) is 0 Å². The lowest BCUT2D eigenvalue weighted by atomic mass is 10.3. The molecule has 1 N–H and O–H groups in total. The Morgan fingerprint density at radius 1 is 0.750 bits per heavy atom. The van der Waals surface area contributed by atoms with Gasteiger partial charge in [-0.2, -0.15) is 0 Å². The van der Waals surface area contributed by atoms with Crippen molar-refractivity contribution >= 4 is 0 Å². The van der Waals surface area contributed by atoms with Gasteiger partial charge >= 0.3 is 0 Å². The molecule has 0 saturated carbocycles. The maximum absolute atomic E-state index is 3.38. The molecule has 3 nitrogen and oxygen atoms in total. The maximum Gasteiger partial charge on any atom is 0.0107 e. The summed E-state index contributed by atoms with van der Waals surface area (Å²) in [6, 6.07) is 0. The smallest absolute Gasteiger partial charge is 0.0107 e. The van der Waals surface area contributed by atoms with Gasteiger partial charge in [-0.3, -0.25) is 0 Å². The van der Waals surface area contributed by atoms with Crippen LogP contribution in [0.1, 0.15) is 34.1 Å². The van der Waals surface area contributed by atoms with Gasteiger partial charge < -0.3 is 15.1 Å². The first-order valence-corrected chi connectivity index (χ1v) is 6.93. The summed E-state index contributed by atoms with van der Waals surface area (Å²) in [5.41, 5.74) is 0. The van der Waals surface area contributed by atoms with E-state index in [-0.39, 0.29) is 0 Å². The highest BCUT2D eigenvalue weighted by atomic mass is 15.1. The van der Waals surface area contributed by atoms with Gasteiger partial charge in [-0.25, -0.2) is 0 Å². The Balaban J connectivity index is 3.53. The van der Waals surface area contributed by atoms with Crippen LogP contribution in [0.4, 0.5) is 0 Å². The maximum atomic E-state index is 3.38. The monoisotopic (exact) mass is 229 g/mol. The predicted molar refractivity (Wildman–Crippen MR) is 73.1 cm³/mol. The van der Waals surface area contributed by atoms with Crippen LogP contribution < -0.4 is 5.32 Å². The third kappa shape index (κ3) is 8.08. The van der Waals surface area contributed by atoms with Crippen molar-refractivity contribution in [3.05, 3.63) is 0 Å². The highest BCUT2D eigenvalue weighted by Gasteiger charge is 2.03. The summed E-state index contributed by atoms with van der Waals surface area (Å²) in [6.45, 7) is 18.3. The molecule has 3 heteroatoms. The predicted octanol–water partition coefficient (Wildman–Crippen LogP) is 1.65. The van der Waals surface area contributed by atoms with E-state index in [1.165, 1.54) is 45.7 Å². The quantitative estimate of drug-likeness (QED) is 0.544. The highest BCUT2D eigenvalue weighted by Crippen LogP contribution is 1.94. The summed E-state index contributed by atoms with van der Waals surface area (Å²) in [5, 5.41) is 3.38. The highest BCUT2D eigenvalue weighted by molar-refractivity contribution is 4.60. The molecule has 0 radical (unpaired) electrons. The van der Waals surface area contributed by atoms with E-state index in [4.69, 9.17) is 0 Å². The molecule has 0 aromatic rings. The minimum absolute atomic E-state index is 1.08. The molecule has 0 atom stereocenters. The Kier molecular flexibility index (Phi) is 11.3. The van der Waals surface area contributed by atoms with Crippen LogP contribution in [0.25, 0.3) is 0 Å². The molecule has 16 heavy (non-hydrogen) atoms. The number of nitrogens with one attached hydrogen (secondary N) is 1. The van der Waals surface area contributed by atoms with E-state index in [1.807, 2.05) is 0 Å². The van der Waals surface area contributed by atoms with Crippen molar-refractivity contribution in [1.82, 2.24) is 15.1 Å². The van der Waals surface area contributed by atoms with Crippen molar-refractivity contribution in [3.8, 4) is 0 Å². The first-order chi connectivity index (χ1) is 7.78. The van der Waals surface area contributed by atoms with E-state index in [9.17, 15) is 0 Å². The number of rotatable bonds is 11. The van der Waals surface area contributed by atoms with E-state index in [0.717, 1.165) is 13.1 Å². The molecule has 98 valence electrons. The summed E-state index contributed by atoms with van der Waals surface area (Å²) >= 11 is 0. The molecule has 0 rings (SSSR count). The second-order valence-electron chi connectivity index (χ2n) is 4.17. The Hall–Kier alpha value is -0.120. The second kappa shape index (κ2) is 11.4. The molecular formula is C13H31N3. The fourth-order valence-electron chi connectivity index (χ4n) is 1.90. The zero-order valence-corrected chi connectivity index (χ0v) is 11.8. The van der Waals surface area contributed by atoms with Gasteiger partial charge in [0.05, 0.1) is 0 Å². The van der Waals surface area contributed by atoms with Crippen molar-refractivity contribution in [1.29, 1.82) is 0 Å². The first kappa shape index (κ1) is 15.9. The normalized spacial score (nSPS) is 11.6. The molecule has 0 amide bonds. The van der Waals surface area contributed by atoms with Gasteiger partial charge in [0.2, 0.25) is 0 Å². The molecule has 0 bridgehead atoms. The molecule has 0 saturated heterocycles. The summed E-state index contributed by atoms with van der Waals surface area (Å²) in [6.07, 6.45) is 1.29. The first-order valence-electron chi connectivity index (χ1n) is 6.93. The molecule has 0 unspecified atom stereocenters. The fraction of sp³-hybridized carbons (Fsp3) is 1.00. The molecule has 0 aliphatic heterocycles. The number of hydrogen-bond donors (Lipinski definition) is 1. The Bertz CT molecular complexity index is 135. The van der Waals surface area contributed by atoms with Crippen molar-refractivity contribution in [3.63, 3.8) is 0 Å². The topological polar surface area (TPSA) is 18.5 Å². The van der Waals surface area contributed by atoms with E-state index < -0.39 is 0 Å². The zero-order chi connectivity index (χ0) is 12.2. The SMILES string of the molecule is CCNCCN(CC)CCCN(CC)CC. The van der Waals surface area contributed by atoms with Crippen LogP contribution in [-0.4, -0.2) is 62.2 Å². The molecule has 0 heterocycles. The van der Waals surface area contributed by atoms with Crippen LogP contribution in [0.5, 0.6) is 0 Å². The van der Waals surface area contributed by atoms with Crippen LogP contribution in [0, 0.1) is 0 Å². The van der Waals surface area contributed by atoms with Crippen LogP contribution in [0.15, 0.2) is 0 Å². The summed E-state index contributed by atoms with van der Waals surface area (Å²) in [4.78, 5) is 5.03. The van der Waals surface area contributed by atoms with Gasteiger partial charge in [0.1, 0.15) is 0 Å². The van der Waals surface area contributed by atoms with Crippen molar-refractivity contribution in [2.24, 2.45) is 0 Å². The van der Waals surface area contributed by atoms with Crippen molar-refractivity contribution in [2.75, 3.05) is 52.4 Å². The van der Waals surface area contributed by atoms with E-state index in [1.54, 1.807) is 0 Å². The molecule has 0 aromatic carbocycles. The van der Waals surface area contributed by atoms with Crippen LogP contribution in [0.3, 0.4) is 0 Å². The Morgan fingerprint density at radius 2 is 1.31 bits per heavy atom. The van der Waals surface area contributed by atoms with E-state index >= 15 is 0 Å². The lowest BCUT2D eigenvalue weighted by Crippen LogP contribution is -2.34. The lowest BCUT2D eigenvalue weighted by molar-refractivity contribution is 0.244. The standard InChI is InChI=1S/C13H31N3/c1-5-14-10-13-16(8-4)12-9-11-15(6-2)7-3/h14H,5-13H2,1-4H3. The Labute approximate surface area is 102 Å². The average Bonchev–Trinajstić information content (AvgIpc) is 2.32. The molecule has 0 spiro atoms. The second-order valence-corrected chi connectivity index (χ2v) is 4.17. The van der Waals surface area contributed by atoms with Gasteiger partial charge in [-0.15, -0.1) is 0 Å².